The van der Waals surface area contributed by atoms with Crippen LogP contribution in [0, 0.1) is 5.82 Å². The van der Waals surface area contributed by atoms with Gasteiger partial charge in [-0.2, -0.15) is 13.2 Å². The third kappa shape index (κ3) is 4.93. The van der Waals surface area contributed by atoms with Gasteiger partial charge < -0.3 is 10.5 Å². The van der Waals surface area contributed by atoms with Crippen LogP contribution in [0.5, 0.6) is 11.5 Å². The van der Waals surface area contributed by atoms with Gasteiger partial charge in [0, 0.05) is 36.6 Å². The molecule has 1 aliphatic heterocycles. The van der Waals surface area contributed by atoms with Gasteiger partial charge in [0.25, 0.3) is 5.91 Å². The normalized spacial score (nSPS) is 13.1. The van der Waals surface area contributed by atoms with Gasteiger partial charge >= 0.3 is 6.18 Å². The van der Waals surface area contributed by atoms with Crippen molar-refractivity contribution in [3.05, 3.63) is 83.9 Å². The van der Waals surface area contributed by atoms with Gasteiger partial charge in [-0.3, -0.25) is 14.8 Å². The van der Waals surface area contributed by atoms with Crippen molar-refractivity contribution >= 4 is 18.1 Å². The molecule has 7 nitrogen and oxygen atoms in total. The lowest BCUT2D eigenvalue weighted by Crippen LogP contribution is -2.40. The van der Waals surface area contributed by atoms with E-state index in [9.17, 15) is 22.4 Å². The summed E-state index contributed by atoms with van der Waals surface area (Å²) in [5.41, 5.74) is 2.54. The minimum Gasteiger partial charge on any atom is -0.457 e. The number of pyridine rings is 1. The molecule has 11 heteroatoms. The van der Waals surface area contributed by atoms with E-state index in [0.717, 1.165) is 24.3 Å². The standard InChI is InChI=1S/C24H19F4N5O2/c1-32(33-12-4-10-30-14-33)20-13-15(9-11-31-20)35-19-8-3-5-16(21(19)24(26,27)28)17-6-2-7-18(22(17)25)23(29)34/h2-11,13-14H,12H2,1H3,(H2,29,34). The van der Waals surface area contributed by atoms with Gasteiger partial charge in [0.15, 0.2) is 5.82 Å². The Labute approximate surface area is 197 Å². The van der Waals surface area contributed by atoms with Crippen LogP contribution < -0.4 is 15.5 Å². The molecule has 2 N–H and O–H groups in total. The molecule has 1 aliphatic rings. The van der Waals surface area contributed by atoms with Gasteiger partial charge in [0.2, 0.25) is 0 Å². The number of primary amides is 1. The van der Waals surface area contributed by atoms with Gasteiger partial charge in [0.1, 0.15) is 29.2 Å². The monoisotopic (exact) mass is 485 g/mol. The molecule has 0 unspecified atom stereocenters. The van der Waals surface area contributed by atoms with Crippen LogP contribution in [0.3, 0.4) is 0 Å². The zero-order valence-corrected chi connectivity index (χ0v) is 18.3. The van der Waals surface area contributed by atoms with Crippen LogP contribution in [0.2, 0.25) is 0 Å². The smallest absolute Gasteiger partial charge is 0.420 e. The molecule has 1 aromatic heterocycles. The Morgan fingerprint density at radius 3 is 2.57 bits per heavy atom. The molecular formula is C24H19F4N5O2. The average Bonchev–Trinajstić information content (AvgIpc) is 2.83. The highest BCUT2D eigenvalue weighted by atomic mass is 19.4. The third-order valence-electron chi connectivity index (χ3n) is 5.21. The molecule has 0 saturated carbocycles. The van der Waals surface area contributed by atoms with Crippen LogP contribution in [0.1, 0.15) is 15.9 Å². The first-order valence-electron chi connectivity index (χ1n) is 10.3. The molecule has 0 atom stereocenters. The summed E-state index contributed by atoms with van der Waals surface area (Å²) in [7, 11) is 1.72. The highest BCUT2D eigenvalue weighted by Gasteiger charge is 2.38. The molecule has 1 amide bonds. The summed E-state index contributed by atoms with van der Waals surface area (Å²) in [5.74, 6) is -2.30. The Kier molecular flexibility index (Phi) is 6.41. The fourth-order valence-corrected chi connectivity index (χ4v) is 3.54. The summed E-state index contributed by atoms with van der Waals surface area (Å²) in [6.07, 6.45) is 1.54. The second kappa shape index (κ2) is 9.45. The van der Waals surface area contributed by atoms with Crippen LogP contribution in [0.15, 0.2) is 72.0 Å². The van der Waals surface area contributed by atoms with E-state index in [1.165, 1.54) is 30.5 Å². The first kappa shape index (κ1) is 23.7. The molecule has 0 bridgehead atoms. The maximum absolute atomic E-state index is 14.9. The van der Waals surface area contributed by atoms with E-state index >= 15 is 0 Å². The number of aromatic nitrogens is 1. The maximum Gasteiger partial charge on any atom is 0.420 e. The Hall–Kier alpha value is -4.41. The first-order chi connectivity index (χ1) is 16.7. The molecular weight excluding hydrogens is 466 g/mol. The minimum atomic E-state index is -4.90. The van der Waals surface area contributed by atoms with Gasteiger partial charge in [-0.25, -0.2) is 14.4 Å². The predicted octanol–water partition coefficient (Wildman–Crippen LogP) is 5.01. The van der Waals surface area contributed by atoms with Crippen molar-refractivity contribution in [2.24, 2.45) is 10.7 Å². The largest absolute Gasteiger partial charge is 0.457 e. The number of anilines is 1. The molecule has 3 aromatic rings. The Balaban J connectivity index is 1.75. The number of benzene rings is 2. The zero-order chi connectivity index (χ0) is 25.2. The fraction of sp³-hybridized carbons (Fsp3) is 0.125. The summed E-state index contributed by atoms with van der Waals surface area (Å²) in [5, 5.41) is 3.40. The van der Waals surface area contributed by atoms with Gasteiger partial charge in [0.05, 0.1) is 12.1 Å². The number of carbonyl (C=O) groups is 1. The van der Waals surface area contributed by atoms with E-state index < -0.39 is 45.9 Å². The fourth-order valence-electron chi connectivity index (χ4n) is 3.54. The number of amides is 1. The number of nitrogens with two attached hydrogens (primary N) is 1. The summed E-state index contributed by atoms with van der Waals surface area (Å²) in [6.45, 7) is 0.531. The quantitative estimate of drug-likeness (QED) is 0.497. The minimum absolute atomic E-state index is 0.0837. The SMILES string of the molecule is CN(c1cc(Oc2cccc(-c3cccc(C(N)=O)c3F)c2C(F)(F)F)ccn1)N1C=NC=CC1. The van der Waals surface area contributed by atoms with E-state index in [1.54, 1.807) is 29.6 Å². The molecule has 0 saturated heterocycles. The molecule has 0 radical (unpaired) electrons. The van der Waals surface area contributed by atoms with Crippen molar-refractivity contribution in [1.82, 2.24) is 9.99 Å². The Bertz CT molecular complexity index is 1320. The molecule has 0 fully saturated rings. The number of aliphatic imine (C=N–C) groups is 1. The lowest BCUT2D eigenvalue weighted by molar-refractivity contribution is -0.138. The highest BCUT2D eigenvalue weighted by molar-refractivity contribution is 5.94. The summed E-state index contributed by atoms with van der Waals surface area (Å²) in [6, 6.07) is 9.92. The van der Waals surface area contributed by atoms with Crippen LogP contribution in [-0.2, 0) is 6.18 Å². The number of ether oxygens (including phenoxy) is 1. The number of hydrogen-bond donors (Lipinski definition) is 1. The van der Waals surface area contributed by atoms with E-state index in [0.29, 0.717) is 12.4 Å². The van der Waals surface area contributed by atoms with Gasteiger partial charge in [-0.15, -0.1) is 0 Å². The van der Waals surface area contributed by atoms with E-state index in [2.05, 4.69) is 9.98 Å². The molecule has 0 aliphatic carbocycles. The number of hydrogen-bond acceptors (Lipinski definition) is 6. The van der Waals surface area contributed by atoms with Crippen molar-refractivity contribution in [2.75, 3.05) is 18.6 Å². The van der Waals surface area contributed by atoms with Crippen molar-refractivity contribution in [2.45, 2.75) is 6.18 Å². The van der Waals surface area contributed by atoms with E-state index in [4.69, 9.17) is 10.5 Å². The molecule has 0 spiro atoms. The second-order valence-corrected chi connectivity index (χ2v) is 7.45. The third-order valence-corrected chi connectivity index (χ3v) is 5.21. The summed E-state index contributed by atoms with van der Waals surface area (Å²) >= 11 is 0. The van der Waals surface area contributed by atoms with Crippen molar-refractivity contribution < 1.29 is 27.1 Å². The molecule has 180 valence electrons. The number of nitrogens with zero attached hydrogens (tertiary/aromatic N) is 4. The summed E-state index contributed by atoms with van der Waals surface area (Å²) < 4.78 is 63.1. The number of rotatable bonds is 6. The van der Waals surface area contributed by atoms with Crippen molar-refractivity contribution in [3.8, 4) is 22.6 Å². The van der Waals surface area contributed by atoms with Crippen LogP contribution >= 0.6 is 0 Å². The van der Waals surface area contributed by atoms with Crippen LogP contribution in [-0.4, -0.2) is 35.8 Å². The molecule has 2 heterocycles. The molecule has 2 aromatic carbocycles. The second-order valence-electron chi connectivity index (χ2n) is 7.45. The van der Waals surface area contributed by atoms with E-state index in [1.807, 2.05) is 6.08 Å². The molecule has 4 rings (SSSR count). The Morgan fingerprint density at radius 2 is 1.89 bits per heavy atom. The number of hydrazine groups is 1. The lowest BCUT2D eigenvalue weighted by atomic mass is 9.96. The van der Waals surface area contributed by atoms with Crippen LogP contribution in [0.25, 0.3) is 11.1 Å². The van der Waals surface area contributed by atoms with E-state index in [-0.39, 0.29) is 5.75 Å². The number of alkyl halides is 3. The molecule has 35 heavy (non-hydrogen) atoms. The average molecular weight is 485 g/mol. The summed E-state index contributed by atoms with van der Waals surface area (Å²) in [4.78, 5) is 19.8. The van der Waals surface area contributed by atoms with Crippen molar-refractivity contribution in [1.29, 1.82) is 0 Å². The maximum atomic E-state index is 14.9. The first-order valence-corrected chi connectivity index (χ1v) is 10.3. The van der Waals surface area contributed by atoms with Gasteiger partial charge in [-0.1, -0.05) is 24.3 Å². The topological polar surface area (TPSA) is 84.0 Å². The van der Waals surface area contributed by atoms with Crippen molar-refractivity contribution in [3.63, 3.8) is 0 Å². The highest BCUT2D eigenvalue weighted by Crippen LogP contribution is 2.45. The Morgan fingerprint density at radius 1 is 1.14 bits per heavy atom. The van der Waals surface area contributed by atoms with Gasteiger partial charge in [-0.05, 0) is 24.3 Å². The number of halogens is 4. The lowest BCUT2D eigenvalue weighted by Gasteiger charge is -2.31. The number of carbonyl (C=O) groups excluding carboxylic acids is 1. The van der Waals surface area contributed by atoms with Crippen LogP contribution in [0.4, 0.5) is 23.4 Å². The zero-order valence-electron chi connectivity index (χ0n) is 18.3. The predicted molar refractivity (Wildman–Crippen MR) is 122 cm³/mol.